The fraction of sp³-hybridized carbons (Fsp3) is 0.409. The summed E-state index contributed by atoms with van der Waals surface area (Å²) in [6, 6.07) is 12.3. The standard InChI is InChI=1S/C22H26O7/c1-25-9-10-26-15-29-18-4-2-3-16(13-18)19(23)6-7-20(24)17-5-8-21-22(14-17)28-12-11-27-21/h2-5,8,13-14,20,24H,6-7,9-12,15H2,1H3. The highest BCUT2D eigenvalue weighted by molar-refractivity contribution is 5.96. The van der Waals surface area contributed by atoms with E-state index in [9.17, 15) is 9.90 Å². The zero-order chi connectivity index (χ0) is 20.5. The Morgan fingerprint density at radius 1 is 1.10 bits per heavy atom. The van der Waals surface area contributed by atoms with E-state index in [1.165, 1.54) is 0 Å². The molecule has 1 atom stereocenters. The van der Waals surface area contributed by atoms with E-state index in [1.807, 2.05) is 0 Å². The molecule has 0 radical (unpaired) electrons. The Morgan fingerprint density at radius 3 is 2.76 bits per heavy atom. The summed E-state index contributed by atoms with van der Waals surface area (Å²) < 4.78 is 26.7. The maximum absolute atomic E-state index is 12.5. The van der Waals surface area contributed by atoms with Crippen molar-refractivity contribution in [2.75, 3.05) is 40.3 Å². The van der Waals surface area contributed by atoms with Crippen molar-refractivity contribution in [1.82, 2.24) is 0 Å². The van der Waals surface area contributed by atoms with Crippen molar-refractivity contribution in [1.29, 1.82) is 0 Å². The SMILES string of the molecule is COCCOCOc1cccc(C(=O)CCC(O)c2ccc3c(c2)OCCO3)c1. The van der Waals surface area contributed by atoms with Gasteiger partial charge >= 0.3 is 0 Å². The first-order valence-corrected chi connectivity index (χ1v) is 9.57. The summed E-state index contributed by atoms with van der Waals surface area (Å²) in [5.74, 6) is 1.79. The largest absolute Gasteiger partial charge is 0.486 e. The molecule has 1 aliphatic heterocycles. The molecule has 0 saturated carbocycles. The minimum atomic E-state index is -0.761. The van der Waals surface area contributed by atoms with Crippen molar-refractivity contribution in [2.45, 2.75) is 18.9 Å². The average molecular weight is 402 g/mol. The molecular formula is C22H26O7. The third-order valence-corrected chi connectivity index (χ3v) is 4.49. The third-order valence-electron chi connectivity index (χ3n) is 4.49. The lowest BCUT2D eigenvalue weighted by Crippen LogP contribution is -2.15. The summed E-state index contributed by atoms with van der Waals surface area (Å²) in [4.78, 5) is 12.5. The third kappa shape index (κ3) is 6.19. The molecule has 0 amide bonds. The van der Waals surface area contributed by atoms with E-state index in [4.69, 9.17) is 23.7 Å². The monoisotopic (exact) mass is 402 g/mol. The molecule has 1 aliphatic rings. The van der Waals surface area contributed by atoms with Crippen molar-refractivity contribution < 1.29 is 33.6 Å². The Kier molecular flexibility index (Phi) is 7.86. The lowest BCUT2D eigenvalue weighted by atomic mass is 10.00. The lowest BCUT2D eigenvalue weighted by molar-refractivity contribution is -0.00850. The smallest absolute Gasteiger partial charge is 0.189 e. The molecule has 156 valence electrons. The van der Waals surface area contributed by atoms with Gasteiger partial charge in [0.2, 0.25) is 0 Å². The van der Waals surface area contributed by atoms with Crippen LogP contribution in [0.4, 0.5) is 0 Å². The molecule has 1 heterocycles. The molecule has 0 aliphatic carbocycles. The predicted molar refractivity (Wildman–Crippen MR) is 106 cm³/mol. The summed E-state index contributed by atoms with van der Waals surface area (Å²) in [5.41, 5.74) is 1.24. The van der Waals surface area contributed by atoms with E-state index in [-0.39, 0.29) is 19.0 Å². The van der Waals surface area contributed by atoms with Gasteiger partial charge in [-0.15, -0.1) is 0 Å². The van der Waals surface area contributed by atoms with Crippen LogP contribution in [0.25, 0.3) is 0 Å². The molecule has 2 aromatic carbocycles. The van der Waals surface area contributed by atoms with E-state index in [1.54, 1.807) is 49.6 Å². The molecule has 0 spiro atoms. The van der Waals surface area contributed by atoms with Crippen LogP contribution in [-0.4, -0.2) is 51.2 Å². The highest BCUT2D eigenvalue weighted by Gasteiger charge is 2.17. The van der Waals surface area contributed by atoms with Crippen LogP contribution in [0, 0.1) is 0 Å². The molecule has 0 fully saturated rings. The Balaban J connectivity index is 1.50. The van der Waals surface area contributed by atoms with Gasteiger partial charge in [-0.25, -0.2) is 0 Å². The molecule has 29 heavy (non-hydrogen) atoms. The first kappa shape index (κ1) is 21.1. The number of benzene rings is 2. The first-order valence-electron chi connectivity index (χ1n) is 9.57. The number of hydrogen-bond acceptors (Lipinski definition) is 7. The minimum Gasteiger partial charge on any atom is -0.486 e. The predicted octanol–water partition coefficient (Wildman–Crippen LogP) is 3.15. The van der Waals surface area contributed by atoms with Crippen molar-refractivity contribution >= 4 is 5.78 Å². The van der Waals surface area contributed by atoms with Crippen LogP contribution in [0.5, 0.6) is 17.2 Å². The highest BCUT2D eigenvalue weighted by atomic mass is 16.7. The van der Waals surface area contributed by atoms with Crippen LogP contribution in [0.3, 0.4) is 0 Å². The number of fused-ring (bicyclic) bond motifs is 1. The van der Waals surface area contributed by atoms with Crippen LogP contribution in [0.15, 0.2) is 42.5 Å². The number of methoxy groups -OCH3 is 1. The average Bonchev–Trinajstić information content (AvgIpc) is 2.77. The number of Topliss-reactive ketones (excluding diaryl/α,β-unsaturated/α-hetero) is 1. The number of rotatable bonds is 11. The Hall–Kier alpha value is -2.61. The highest BCUT2D eigenvalue weighted by Crippen LogP contribution is 2.33. The number of ether oxygens (including phenoxy) is 5. The normalized spacial score (nSPS) is 13.7. The van der Waals surface area contributed by atoms with Gasteiger partial charge in [-0.1, -0.05) is 18.2 Å². The summed E-state index contributed by atoms with van der Waals surface area (Å²) in [6.45, 7) is 2.02. The zero-order valence-electron chi connectivity index (χ0n) is 16.5. The van der Waals surface area contributed by atoms with Gasteiger partial charge < -0.3 is 28.8 Å². The molecule has 0 saturated heterocycles. The lowest BCUT2D eigenvalue weighted by Gasteiger charge is -2.20. The summed E-state index contributed by atoms with van der Waals surface area (Å²) >= 11 is 0. The summed E-state index contributed by atoms with van der Waals surface area (Å²) in [7, 11) is 1.60. The maximum Gasteiger partial charge on any atom is 0.189 e. The number of aliphatic hydroxyl groups excluding tert-OH is 1. The zero-order valence-corrected chi connectivity index (χ0v) is 16.5. The molecule has 2 aromatic rings. The molecule has 3 rings (SSSR count). The second-order valence-corrected chi connectivity index (χ2v) is 6.57. The van der Waals surface area contributed by atoms with Crippen molar-refractivity contribution in [2.24, 2.45) is 0 Å². The van der Waals surface area contributed by atoms with Gasteiger partial charge in [0, 0.05) is 19.1 Å². The Bertz CT molecular complexity index is 805. The fourth-order valence-electron chi connectivity index (χ4n) is 2.92. The molecule has 1 unspecified atom stereocenters. The summed E-state index contributed by atoms with van der Waals surface area (Å²) in [5, 5.41) is 10.5. The van der Waals surface area contributed by atoms with Gasteiger partial charge in [-0.2, -0.15) is 0 Å². The van der Waals surface area contributed by atoms with Crippen LogP contribution < -0.4 is 14.2 Å². The Labute approximate surface area is 170 Å². The van der Waals surface area contributed by atoms with E-state index in [0.717, 1.165) is 0 Å². The van der Waals surface area contributed by atoms with Crippen molar-refractivity contribution in [3.63, 3.8) is 0 Å². The van der Waals surface area contributed by atoms with Gasteiger partial charge in [-0.3, -0.25) is 4.79 Å². The van der Waals surface area contributed by atoms with Crippen LogP contribution in [-0.2, 0) is 9.47 Å². The Morgan fingerprint density at radius 2 is 1.93 bits per heavy atom. The number of hydrogen-bond donors (Lipinski definition) is 1. The molecule has 0 bridgehead atoms. The van der Waals surface area contributed by atoms with Gasteiger partial charge in [0.05, 0.1) is 19.3 Å². The minimum absolute atomic E-state index is 0.0626. The number of carbonyl (C=O) groups is 1. The van der Waals surface area contributed by atoms with Crippen molar-refractivity contribution in [3.05, 3.63) is 53.6 Å². The fourth-order valence-corrected chi connectivity index (χ4v) is 2.92. The van der Waals surface area contributed by atoms with E-state index in [0.29, 0.717) is 61.2 Å². The van der Waals surface area contributed by atoms with E-state index >= 15 is 0 Å². The van der Waals surface area contributed by atoms with Crippen LogP contribution in [0.2, 0.25) is 0 Å². The van der Waals surface area contributed by atoms with Gasteiger partial charge in [-0.05, 0) is 36.2 Å². The quantitative estimate of drug-likeness (QED) is 0.351. The van der Waals surface area contributed by atoms with Crippen molar-refractivity contribution in [3.8, 4) is 17.2 Å². The molecule has 0 aromatic heterocycles. The molecule has 7 nitrogen and oxygen atoms in total. The van der Waals surface area contributed by atoms with Gasteiger partial charge in [0.15, 0.2) is 24.1 Å². The van der Waals surface area contributed by atoms with E-state index in [2.05, 4.69) is 0 Å². The number of carbonyl (C=O) groups excluding carboxylic acids is 1. The second kappa shape index (κ2) is 10.8. The molecule has 7 heteroatoms. The maximum atomic E-state index is 12.5. The molecular weight excluding hydrogens is 376 g/mol. The first-order chi connectivity index (χ1) is 14.2. The topological polar surface area (TPSA) is 83.5 Å². The van der Waals surface area contributed by atoms with Crippen LogP contribution in [0.1, 0.15) is 34.9 Å². The number of aliphatic hydroxyl groups is 1. The molecule has 1 N–H and O–H groups in total. The van der Waals surface area contributed by atoms with Gasteiger partial charge in [0.1, 0.15) is 19.0 Å². The second-order valence-electron chi connectivity index (χ2n) is 6.57. The van der Waals surface area contributed by atoms with Gasteiger partial charge in [0.25, 0.3) is 0 Å². The number of ketones is 1. The van der Waals surface area contributed by atoms with E-state index < -0.39 is 6.10 Å². The summed E-state index contributed by atoms with van der Waals surface area (Å²) in [6.07, 6.45) is -0.240. The van der Waals surface area contributed by atoms with Crippen LogP contribution >= 0.6 is 0 Å².